The summed E-state index contributed by atoms with van der Waals surface area (Å²) in [6.07, 6.45) is 2.26. The molecule has 0 aliphatic carbocycles. The predicted molar refractivity (Wildman–Crippen MR) is 50.2 cm³/mol. The summed E-state index contributed by atoms with van der Waals surface area (Å²) in [4.78, 5) is 8.68. The van der Waals surface area contributed by atoms with Crippen molar-refractivity contribution in [2.24, 2.45) is 0 Å². The quantitative estimate of drug-likeness (QED) is 0.670. The van der Waals surface area contributed by atoms with Gasteiger partial charge in [-0.1, -0.05) is 13.3 Å². The Labute approximate surface area is 74.1 Å². The maximum atomic E-state index is 4.34. The summed E-state index contributed by atoms with van der Waals surface area (Å²) < 4.78 is 0. The Balaban J connectivity index is 3.10. The van der Waals surface area contributed by atoms with Crippen molar-refractivity contribution in [1.29, 1.82) is 0 Å². The van der Waals surface area contributed by atoms with Crippen molar-refractivity contribution in [2.45, 2.75) is 40.5 Å². The van der Waals surface area contributed by atoms with Gasteiger partial charge in [-0.15, -0.1) is 0 Å². The molecule has 2 heteroatoms. The van der Waals surface area contributed by atoms with Gasteiger partial charge in [0.05, 0.1) is 0 Å². The standard InChI is InChI=1S/C10H16N2/c1-5-6-10-7(2)11-9(4)12-8(10)3/h5-6H2,1-4H3. The molecule has 0 radical (unpaired) electrons. The molecule has 12 heavy (non-hydrogen) atoms. The maximum Gasteiger partial charge on any atom is 0.125 e. The average Bonchev–Trinajstić information content (AvgIpc) is 1.96. The molecule has 0 aromatic carbocycles. The Morgan fingerprint density at radius 2 is 1.50 bits per heavy atom. The van der Waals surface area contributed by atoms with E-state index < -0.39 is 0 Å². The van der Waals surface area contributed by atoms with Gasteiger partial charge in [0.2, 0.25) is 0 Å². The molecule has 0 spiro atoms. The second-order valence-electron chi connectivity index (χ2n) is 3.17. The van der Waals surface area contributed by atoms with Gasteiger partial charge in [-0.3, -0.25) is 0 Å². The lowest BCUT2D eigenvalue weighted by Crippen LogP contribution is -2.02. The summed E-state index contributed by atoms with van der Waals surface area (Å²) in [7, 11) is 0. The third kappa shape index (κ3) is 1.81. The van der Waals surface area contributed by atoms with Crippen LogP contribution in [0.2, 0.25) is 0 Å². The fourth-order valence-corrected chi connectivity index (χ4v) is 1.52. The lowest BCUT2D eigenvalue weighted by atomic mass is 10.1. The van der Waals surface area contributed by atoms with Crippen LogP contribution in [0.5, 0.6) is 0 Å². The molecule has 0 N–H and O–H groups in total. The smallest absolute Gasteiger partial charge is 0.125 e. The Kier molecular flexibility index (Phi) is 2.79. The molecule has 0 amide bonds. The van der Waals surface area contributed by atoms with Crippen molar-refractivity contribution in [3.63, 3.8) is 0 Å². The zero-order chi connectivity index (χ0) is 9.14. The van der Waals surface area contributed by atoms with Gasteiger partial charge in [0, 0.05) is 11.4 Å². The molecule has 0 unspecified atom stereocenters. The van der Waals surface area contributed by atoms with E-state index in [1.165, 1.54) is 5.56 Å². The predicted octanol–water partition coefficient (Wildman–Crippen LogP) is 2.35. The molecule has 0 aliphatic rings. The number of aryl methyl sites for hydroxylation is 3. The van der Waals surface area contributed by atoms with Crippen molar-refractivity contribution in [3.05, 3.63) is 22.8 Å². The van der Waals surface area contributed by atoms with E-state index in [1.54, 1.807) is 0 Å². The Morgan fingerprint density at radius 3 is 1.92 bits per heavy atom. The molecule has 1 rings (SSSR count). The van der Waals surface area contributed by atoms with Crippen LogP contribution in [0.3, 0.4) is 0 Å². The van der Waals surface area contributed by atoms with Crippen LogP contribution >= 0.6 is 0 Å². The largest absolute Gasteiger partial charge is 0.238 e. The minimum absolute atomic E-state index is 0.879. The minimum atomic E-state index is 0.879. The summed E-state index contributed by atoms with van der Waals surface area (Å²) in [5, 5.41) is 0. The van der Waals surface area contributed by atoms with Crippen molar-refractivity contribution < 1.29 is 0 Å². The topological polar surface area (TPSA) is 25.8 Å². The highest BCUT2D eigenvalue weighted by Crippen LogP contribution is 2.11. The molecule has 66 valence electrons. The van der Waals surface area contributed by atoms with Crippen LogP contribution < -0.4 is 0 Å². The van der Waals surface area contributed by atoms with E-state index in [-0.39, 0.29) is 0 Å². The average molecular weight is 164 g/mol. The fraction of sp³-hybridized carbons (Fsp3) is 0.600. The first kappa shape index (κ1) is 9.17. The minimum Gasteiger partial charge on any atom is -0.238 e. The third-order valence-corrected chi connectivity index (χ3v) is 2.03. The summed E-state index contributed by atoms with van der Waals surface area (Å²) >= 11 is 0. The Morgan fingerprint density at radius 1 is 1.00 bits per heavy atom. The van der Waals surface area contributed by atoms with Crippen LogP contribution in [0, 0.1) is 20.8 Å². The highest BCUT2D eigenvalue weighted by molar-refractivity contribution is 5.24. The van der Waals surface area contributed by atoms with Crippen LogP contribution in [0.4, 0.5) is 0 Å². The second-order valence-corrected chi connectivity index (χ2v) is 3.17. The number of nitrogens with zero attached hydrogens (tertiary/aromatic N) is 2. The van der Waals surface area contributed by atoms with E-state index in [0.29, 0.717) is 0 Å². The molecule has 0 atom stereocenters. The van der Waals surface area contributed by atoms with Crippen molar-refractivity contribution in [2.75, 3.05) is 0 Å². The molecule has 0 aliphatic heterocycles. The van der Waals surface area contributed by atoms with Gasteiger partial charge in [-0.05, 0) is 32.8 Å². The molecule has 1 heterocycles. The van der Waals surface area contributed by atoms with E-state index in [0.717, 1.165) is 30.1 Å². The zero-order valence-electron chi connectivity index (χ0n) is 8.31. The summed E-state index contributed by atoms with van der Waals surface area (Å²) in [5.74, 6) is 0.879. The molecule has 2 nitrogen and oxygen atoms in total. The molecule has 0 fully saturated rings. The van der Waals surface area contributed by atoms with Gasteiger partial charge in [0.25, 0.3) is 0 Å². The van der Waals surface area contributed by atoms with Crippen LogP contribution in [-0.2, 0) is 6.42 Å². The monoisotopic (exact) mass is 164 g/mol. The lowest BCUT2D eigenvalue weighted by molar-refractivity contribution is 0.848. The Hall–Kier alpha value is -0.920. The van der Waals surface area contributed by atoms with E-state index in [9.17, 15) is 0 Å². The van der Waals surface area contributed by atoms with Gasteiger partial charge in [-0.25, -0.2) is 9.97 Å². The number of hydrogen-bond acceptors (Lipinski definition) is 2. The van der Waals surface area contributed by atoms with Gasteiger partial charge in [0.15, 0.2) is 0 Å². The summed E-state index contributed by atoms with van der Waals surface area (Å²) in [5.41, 5.74) is 3.60. The molecular formula is C10H16N2. The molecule has 1 aromatic heterocycles. The van der Waals surface area contributed by atoms with Gasteiger partial charge in [0.1, 0.15) is 5.82 Å². The van der Waals surface area contributed by atoms with Crippen molar-refractivity contribution >= 4 is 0 Å². The summed E-state index contributed by atoms with van der Waals surface area (Å²) in [6.45, 7) is 8.24. The fourth-order valence-electron chi connectivity index (χ4n) is 1.52. The van der Waals surface area contributed by atoms with Crippen LogP contribution in [-0.4, -0.2) is 9.97 Å². The number of rotatable bonds is 2. The van der Waals surface area contributed by atoms with E-state index in [4.69, 9.17) is 0 Å². The van der Waals surface area contributed by atoms with Crippen LogP contribution in [0.1, 0.15) is 36.1 Å². The van der Waals surface area contributed by atoms with Gasteiger partial charge in [-0.2, -0.15) is 0 Å². The van der Waals surface area contributed by atoms with E-state index in [1.807, 2.05) is 6.92 Å². The van der Waals surface area contributed by atoms with Gasteiger partial charge >= 0.3 is 0 Å². The van der Waals surface area contributed by atoms with Gasteiger partial charge < -0.3 is 0 Å². The number of hydrogen-bond donors (Lipinski definition) is 0. The zero-order valence-corrected chi connectivity index (χ0v) is 8.31. The first-order valence-electron chi connectivity index (χ1n) is 4.46. The van der Waals surface area contributed by atoms with Crippen LogP contribution in [0.15, 0.2) is 0 Å². The summed E-state index contributed by atoms with van der Waals surface area (Å²) in [6, 6.07) is 0. The van der Waals surface area contributed by atoms with E-state index >= 15 is 0 Å². The second kappa shape index (κ2) is 3.65. The molecule has 0 saturated heterocycles. The molecule has 1 aromatic rings. The molecular weight excluding hydrogens is 148 g/mol. The third-order valence-electron chi connectivity index (χ3n) is 2.03. The highest BCUT2D eigenvalue weighted by Gasteiger charge is 2.04. The highest BCUT2D eigenvalue weighted by atomic mass is 14.9. The van der Waals surface area contributed by atoms with E-state index in [2.05, 4.69) is 30.7 Å². The maximum absolute atomic E-state index is 4.34. The Bertz CT molecular complexity index is 256. The number of aromatic nitrogens is 2. The molecule has 0 bridgehead atoms. The van der Waals surface area contributed by atoms with Crippen molar-refractivity contribution in [3.8, 4) is 0 Å². The SMILES string of the molecule is CCCc1c(C)nc(C)nc1C. The van der Waals surface area contributed by atoms with Crippen LogP contribution in [0.25, 0.3) is 0 Å². The lowest BCUT2D eigenvalue weighted by Gasteiger charge is -2.07. The molecule has 0 saturated carbocycles. The van der Waals surface area contributed by atoms with Crippen molar-refractivity contribution in [1.82, 2.24) is 9.97 Å². The normalized spacial score (nSPS) is 10.3. The first-order chi connectivity index (χ1) is 5.65. The first-order valence-corrected chi connectivity index (χ1v) is 4.46.